The minimum atomic E-state index is -0.603. The van der Waals surface area contributed by atoms with Gasteiger partial charge >= 0.3 is 0 Å². The molecule has 1 aliphatic carbocycles. The van der Waals surface area contributed by atoms with E-state index in [0.29, 0.717) is 29.3 Å². The zero-order valence-electron chi connectivity index (χ0n) is 19.4. The molecule has 0 spiro atoms. The molecule has 0 radical (unpaired) electrons. The number of aliphatic hydroxyl groups is 1. The number of likely N-dealkylation sites (tertiary alicyclic amines) is 1. The first-order valence-corrected chi connectivity index (χ1v) is 12.7. The van der Waals surface area contributed by atoms with Gasteiger partial charge in [0, 0.05) is 16.0 Å². The minimum absolute atomic E-state index is 0.0213. The van der Waals surface area contributed by atoms with Gasteiger partial charge in [0.1, 0.15) is 0 Å². The van der Waals surface area contributed by atoms with Crippen molar-refractivity contribution in [2.45, 2.75) is 70.1 Å². The van der Waals surface area contributed by atoms with Gasteiger partial charge in [-0.2, -0.15) is 0 Å². The summed E-state index contributed by atoms with van der Waals surface area (Å²) in [5, 5.41) is 12.6. The van der Waals surface area contributed by atoms with E-state index in [1.165, 1.54) is 0 Å². The van der Waals surface area contributed by atoms with Gasteiger partial charge in [-0.25, -0.2) is 0 Å². The van der Waals surface area contributed by atoms with Gasteiger partial charge in [0.25, 0.3) is 0 Å². The summed E-state index contributed by atoms with van der Waals surface area (Å²) in [4.78, 5) is 16.2. The van der Waals surface area contributed by atoms with E-state index < -0.39 is 11.5 Å². The summed E-state index contributed by atoms with van der Waals surface area (Å²) >= 11 is 12.6. The molecule has 2 aromatic carbocycles. The molecular weight excluding hydrogens is 453 g/mol. The zero-order valence-corrected chi connectivity index (χ0v) is 20.9. The third-order valence-corrected chi connectivity index (χ3v) is 7.95. The van der Waals surface area contributed by atoms with Crippen LogP contribution in [0.3, 0.4) is 0 Å². The van der Waals surface area contributed by atoms with E-state index in [1.54, 1.807) is 0 Å². The van der Waals surface area contributed by atoms with Crippen molar-refractivity contribution in [1.29, 1.82) is 0 Å². The summed E-state index contributed by atoms with van der Waals surface area (Å²) < 4.78 is 0. The first kappa shape index (κ1) is 24.3. The number of hydrogen-bond acceptors (Lipinski definition) is 2. The molecule has 1 saturated heterocycles. The Hall–Kier alpha value is -1.81. The third-order valence-electron chi connectivity index (χ3n) is 7.46. The summed E-state index contributed by atoms with van der Waals surface area (Å²) in [5.41, 5.74) is 1.53. The zero-order chi connectivity index (χ0) is 23.8. The van der Waals surface area contributed by atoms with Crippen LogP contribution in [0.5, 0.6) is 0 Å². The predicted molar refractivity (Wildman–Crippen MR) is 136 cm³/mol. The number of carbonyl (C=O) groups is 1. The molecule has 176 valence electrons. The third kappa shape index (κ3) is 4.87. The second kappa shape index (κ2) is 9.82. The van der Waals surface area contributed by atoms with Crippen LogP contribution in [0.15, 0.2) is 61.2 Å². The molecule has 2 fully saturated rings. The Morgan fingerprint density at radius 3 is 2.42 bits per heavy atom. The average molecular weight is 486 g/mol. The van der Waals surface area contributed by atoms with Crippen LogP contribution >= 0.6 is 23.2 Å². The fourth-order valence-electron chi connectivity index (χ4n) is 5.61. The first-order valence-electron chi connectivity index (χ1n) is 11.9. The van der Waals surface area contributed by atoms with Gasteiger partial charge in [-0.3, -0.25) is 4.79 Å². The van der Waals surface area contributed by atoms with Crippen LogP contribution in [-0.4, -0.2) is 28.1 Å². The van der Waals surface area contributed by atoms with E-state index >= 15 is 0 Å². The van der Waals surface area contributed by atoms with Crippen molar-refractivity contribution < 1.29 is 9.90 Å². The fourth-order valence-corrected chi connectivity index (χ4v) is 5.93. The SMILES string of the molecule is C=CCC1(C)CC(c2cccc(Cl)c2)C(c2ccc(Cl)cc2)N(C(CC)C(O)C2CC2)C1=O. The molecule has 1 amide bonds. The lowest BCUT2D eigenvalue weighted by atomic mass is 9.66. The maximum Gasteiger partial charge on any atom is 0.229 e. The molecule has 1 saturated carbocycles. The van der Waals surface area contributed by atoms with Crippen LogP contribution < -0.4 is 0 Å². The van der Waals surface area contributed by atoms with Crippen molar-refractivity contribution in [3.8, 4) is 0 Å². The summed E-state index contributed by atoms with van der Waals surface area (Å²) in [6.07, 6.45) is 5.31. The summed E-state index contributed by atoms with van der Waals surface area (Å²) in [7, 11) is 0. The van der Waals surface area contributed by atoms with Gasteiger partial charge in [-0.15, -0.1) is 6.58 Å². The maximum atomic E-state index is 14.2. The molecule has 3 nitrogen and oxygen atoms in total. The Balaban J connectivity index is 1.89. The highest BCUT2D eigenvalue weighted by atomic mass is 35.5. The molecule has 5 heteroatoms. The lowest BCUT2D eigenvalue weighted by Crippen LogP contribution is -2.58. The monoisotopic (exact) mass is 485 g/mol. The lowest BCUT2D eigenvalue weighted by molar-refractivity contribution is -0.159. The van der Waals surface area contributed by atoms with E-state index in [9.17, 15) is 9.90 Å². The van der Waals surface area contributed by atoms with Crippen LogP contribution in [0.2, 0.25) is 10.0 Å². The van der Waals surface area contributed by atoms with Crippen molar-refractivity contribution in [3.05, 3.63) is 82.4 Å². The van der Waals surface area contributed by atoms with Crippen molar-refractivity contribution in [1.82, 2.24) is 4.90 Å². The largest absolute Gasteiger partial charge is 0.391 e. The van der Waals surface area contributed by atoms with Gasteiger partial charge in [-0.1, -0.05) is 67.4 Å². The maximum absolute atomic E-state index is 14.2. The topological polar surface area (TPSA) is 40.5 Å². The Labute approximate surface area is 207 Å². The molecule has 2 aliphatic rings. The van der Waals surface area contributed by atoms with Gasteiger partial charge in [-0.05, 0) is 73.4 Å². The number of piperidine rings is 1. The molecule has 1 N–H and O–H groups in total. The molecule has 1 aliphatic heterocycles. The van der Waals surface area contributed by atoms with Gasteiger partial charge in [0.15, 0.2) is 0 Å². The molecule has 0 aromatic heterocycles. The number of nitrogens with zero attached hydrogens (tertiary/aromatic N) is 1. The van der Waals surface area contributed by atoms with Crippen molar-refractivity contribution in [2.75, 3.05) is 0 Å². The number of rotatable bonds is 8. The Morgan fingerprint density at radius 1 is 1.15 bits per heavy atom. The molecule has 4 rings (SSSR count). The summed E-state index contributed by atoms with van der Waals surface area (Å²) in [6, 6.07) is 15.3. The highest BCUT2D eigenvalue weighted by Crippen LogP contribution is 2.53. The number of benzene rings is 2. The smallest absolute Gasteiger partial charge is 0.229 e. The number of amides is 1. The number of aliphatic hydroxyl groups excluding tert-OH is 1. The Morgan fingerprint density at radius 2 is 1.85 bits per heavy atom. The highest BCUT2D eigenvalue weighted by Gasteiger charge is 2.53. The van der Waals surface area contributed by atoms with Crippen LogP contribution in [0.1, 0.15) is 69.0 Å². The van der Waals surface area contributed by atoms with Crippen LogP contribution in [0.25, 0.3) is 0 Å². The van der Waals surface area contributed by atoms with Crippen LogP contribution in [0, 0.1) is 11.3 Å². The molecule has 33 heavy (non-hydrogen) atoms. The predicted octanol–water partition coefficient (Wildman–Crippen LogP) is 7.18. The molecule has 5 unspecified atom stereocenters. The number of allylic oxidation sites excluding steroid dienone is 1. The van der Waals surface area contributed by atoms with Gasteiger partial charge < -0.3 is 10.0 Å². The van der Waals surface area contributed by atoms with Crippen LogP contribution in [0.4, 0.5) is 0 Å². The normalized spacial score (nSPS) is 27.3. The van der Waals surface area contributed by atoms with Gasteiger partial charge in [0.05, 0.1) is 23.6 Å². The second-order valence-electron chi connectivity index (χ2n) is 9.93. The van der Waals surface area contributed by atoms with Crippen molar-refractivity contribution in [2.24, 2.45) is 11.3 Å². The lowest BCUT2D eigenvalue weighted by Gasteiger charge is -2.53. The van der Waals surface area contributed by atoms with Crippen LogP contribution in [-0.2, 0) is 4.79 Å². The molecule has 1 heterocycles. The van der Waals surface area contributed by atoms with E-state index in [-0.39, 0.29) is 29.8 Å². The fraction of sp³-hybridized carbons (Fsp3) is 0.464. The van der Waals surface area contributed by atoms with E-state index in [2.05, 4.69) is 19.6 Å². The van der Waals surface area contributed by atoms with Crippen molar-refractivity contribution in [3.63, 3.8) is 0 Å². The number of carbonyl (C=O) groups excluding carboxylic acids is 1. The molecular formula is C28H33Cl2NO2. The molecule has 2 aromatic rings. The van der Waals surface area contributed by atoms with Gasteiger partial charge in [0.2, 0.25) is 5.91 Å². The second-order valence-corrected chi connectivity index (χ2v) is 10.8. The Kier molecular flexibility index (Phi) is 7.23. The number of halogens is 2. The van der Waals surface area contributed by atoms with Crippen molar-refractivity contribution >= 4 is 29.1 Å². The van der Waals surface area contributed by atoms with E-state index in [4.69, 9.17) is 23.2 Å². The quantitative estimate of drug-likeness (QED) is 0.402. The van der Waals surface area contributed by atoms with E-state index in [0.717, 1.165) is 24.0 Å². The first-order chi connectivity index (χ1) is 15.8. The molecule has 5 atom stereocenters. The van der Waals surface area contributed by atoms with E-state index in [1.807, 2.05) is 60.4 Å². The minimum Gasteiger partial charge on any atom is -0.391 e. The highest BCUT2D eigenvalue weighted by molar-refractivity contribution is 6.30. The Bertz CT molecular complexity index is 1000. The summed E-state index contributed by atoms with van der Waals surface area (Å²) in [5.74, 6) is 0.381. The number of hydrogen-bond donors (Lipinski definition) is 1. The molecule has 0 bridgehead atoms. The standard InChI is InChI=1S/C28H33Cl2NO2/c1-4-15-28(3)17-23(20-7-6-8-22(30)16-20)25(18-11-13-21(29)14-12-18)31(27(28)33)24(5-2)26(32)19-9-10-19/h4,6-8,11-14,16,19,23-26,32H,1,5,9-10,15,17H2,2-3H3. The summed E-state index contributed by atoms with van der Waals surface area (Å²) in [6.45, 7) is 8.04. The average Bonchev–Trinajstić information content (AvgIpc) is 3.63.